The number of hydrogen-bond donors (Lipinski definition) is 0. The lowest BCUT2D eigenvalue weighted by molar-refractivity contribution is 1.21. The zero-order chi connectivity index (χ0) is 27.9. The van der Waals surface area contributed by atoms with Crippen LogP contribution in [-0.4, -0.2) is 29.9 Å². The highest BCUT2D eigenvalue weighted by atomic mass is 14.9. The van der Waals surface area contributed by atoms with E-state index in [1.807, 2.05) is 85.2 Å². The van der Waals surface area contributed by atoms with Gasteiger partial charge in [-0.05, 0) is 71.8 Å². The standard InChI is InChI=1S/C36H22N6/c1-3-11-29-23(9-1)17-25(21-39-29)27-19-33-34(20-28(27)26-18-24-10-2-4-12-30(24)40-22-26)42-36(32-14-6-8-16-38-32)35(41-33)31-13-5-7-15-37-31/h1-22H. The molecule has 0 atom stereocenters. The van der Waals surface area contributed by atoms with E-state index < -0.39 is 0 Å². The van der Waals surface area contributed by atoms with Crippen LogP contribution in [0.4, 0.5) is 0 Å². The summed E-state index contributed by atoms with van der Waals surface area (Å²) in [6, 6.07) is 36.5. The molecule has 196 valence electrons. The van der Waals surface area contributed by atoms with Crippen molar-refractivity contribution in [2.45, 2.75) is 0 Å². The van der Waals surface area contributed by atoms with Gasteiger partial charge in [0.15, 0.2) is 0 Å². The largest absolute Gasteiger partial charge is 0.256 e. The normalized spacial score (nSPS) is 11.3. The summed E-state index contributed by atoms with van der Waals surface area (Å²) in [5.41, 5.74) is 10.3. The summed E-state index contributed by atoms with van der Waals surface area (Å²) in [4.78, 5) is 29.1. The summed E-state index contributed by atoms with van der Waals surface area (Å²) < 4.78 is 0. The predicted octanol–water partition coefficient (Wildman–Crippen LogP) is 8.18. The number of hydrogen-bond acceptors (Lipinski definition) is 6. The third kappa shape index (κ3) is 4.22. The molecule has 0 bridgehead atoms. The van der Waals surface area contributed by atoms with Crippen LogP contribution in [0.25, 0.3) is 77.9 Å². The monoisotopic (exact) mass is 538 g/mol. The van der Waals surface area contributed by atoms with Gasteiger partial charge in [-0.2, -0.15) is 0 Å². The molecule has 3 aromatic carbocycles. The van der Waals surface area contributed by atoms with Crippen molar-refractivity contribution in [1.82, 2.24) is 29.9 Å². The van der Waals surface area contributed by atoms with E-state index in [1.54, 1.807) is 12.4 Å². The van der Waals surface area contributed by atoms with E-state index in [1.165, 1.54) is 0 Å². The average molecular weight is 539 g/mol. The van der Waals surface area contributed by atoms with E-state index in [-0.39, 0.29) is 0 Å². The fourth-order valence-corrected chi connectivity index (χ4v) is 5.38. The Kier molecular flexibility index (Phi) is 5.67. The highest BCUT2D eigenvalue weighted by Gasteiger charge is 2.18. The van der Waals surface area contributed by atoms with Crippen molar-refractivity contribution in [3.8, 4) is 45.0 Å². The van der Waals surface area contributed by atoms with Crippen LogP contribution in [0.5, 0.6) is 0 Å². The second-order valence-corrected chi connectivity index (χ2v) is 10.1. The van der Waals surface area contributed by atoms with Crippen LogP contribution >= 0.6 is 0 Å². The van der Waals surface area contributed by atoms with Crippen molar-refractivity contribution in [1.29, 1.82) is 0 Å². The van der Waals surface area contributed by atoms with E-state index in [0.717, 1.165) is 66.5 Å². The highest BCUT2D eigenvalue weighted by molar-refractivity contribution is 5.98. The van der Waals surface area contributed by atoms with Gasteiger partial charge in [-0.25, -0.2) is 9.97 Å². The van der Waals surface area contributed by atoms with E-state index in [9.17, 15) is 0 Å². The van der Waals surface area contributed by atoms with Gasteiger partial charge in [-0.15, -0.1) is 0 Å². The third-order valence-electron chi connectivity index (χ3n) is 7.42. The first-order valence-electron chi connectivity index (χ1n) is 13.7. The van der Waals surface area contributed by atoms with Crippen LogP contribution < -0.4 is 0 Å². The number of aromatic nitrogens is 6. The van der Waals surface area contributed by atoms with Crippen molar-refractivity contribution >= 4 is 32.8 Å². The Balaban J connectivity index is 1.43. The van der Waals surface area contributed by atoms with Gasteiger partial charge in [0.05, 0.1) is 33.5 Å². The molecule has 0 saturated carbocycles. The fraction of sp³-hybridized carbons (Fsp3) is 0. The number of nitrogens with zero attached hydrogens (tertiary/aromatic N) is 6. The predicted molar refractivity (Wildman–Crippen MR) is 167 cm³/mol. The van der Waals surface area contributed by atoms with Gasteiger partial charge >= 0.3 is 0 Å². The van der Waals surface area contributed by atoms with Crippen LogP contribution in [0.15, 0.2) is 134 Å². The summed E-state index contributed by atoms with van der Waals surface area (Å²) in [5.74, 6) is 0. The highest BCUT2D eigenvalue weighted by Crippen LogP contribution is 2.38. The summed E-state index contributed by atoms with van der Waals surface area (Å²) >= 11 is 0. The summed E-state index contributed by atoms with van der Waals surface area (Å²) in [5, 5.41) is 2.15. The lowest BCUT2D eigenvalue weighted by Crippen LogP contribution is -1.99. The minimum Gasteiger partial charge on any atom is -0.256 e. The van der Waals surface area contributed by atoms with Crippen molar-refractivity contribution in [2.75, 3.05) is 0 Å². The number of para-hydroxylation sites is 2. The van der Waals surface area contributed by atoms with Crippen LogP contribution in [0, 0.1) is 0 Å². The van der Waals surface area contributed by atoms with E-state index in [4.69, 9.17) is 19.9 Å². The molecule has 0 spiro atoms. The molecule has 6 nitrogen and oxygen atoms in total. The number of benzene rings is 3. The maximum absolute atomic E-state index is 5.15. The molecular weight excluding hydrogens is 516 g/mol. The fourth-order valence-electron chi connectivity index (χ4n) is 5.38. The number of rotatable bonds is 4. The lowest BCUT2D eigenvalue weighted by Gasteiger charge is -2.15. The van der Waals surface area contributed by atoms with Crippen LogP contribution in [-0.2, 0) is 0 Å². The molecule has 0 radical (unpaired) electrons. The molecule has 0 fully saturated rings. The van der Waals surface area contributed by atoms with Crippen molar-refractivity contribution in [3.63, 3.8) is 0 Å². The Bertz CT molecular complexity index is 2090. The topological polar surface area (TPSA) is 77.3 Å². The molecule has 0 N–H and O–H groups in total. The van der Waals surface area contributed by atoms with Gasteiger partial charge in [-0.3, -0.25) is 19.9 Å². The first-order valence-corrected chi connectivity index (χ1v) is 13.7. The molecular formula is C36H22N6. The molecule has 0 saturated heterocycles. The van der Waals surface area contributed by atoms with Gasteiger partial charge < -0.3 is 0 Å². The molecule has 0 aliphatic heterocycles. The molecule has 8 aromatic rings. The van der Waals surface area contributed by atoms with Crippen molar-refractivity contribution < 1.29 is 0 Å². The van der Waals surface area contributed by atoms with Crippen LogP contribution in [0.2, 0.25) is 0 Å². The first kappa shape index (κ1) is 24.0. The number of fused-ring (bicyclic) bond motifs is 3. The molecule has 5 heterocycles. The minimum absolute atomic E-state index is 0.685. The van der Waals surface area contributed by atoms with Gasteiger partial charge in [0.2, 0.25) is 0 Å². The lowest BCUT2D eigenvalue weighted by atomic mass is 9.94. The smallest absolute Gasteiger partial charge is 0.117 e. The Hall–Kier alpha value is -5.88. The molecule has 0 aliphatic rings. The first-order chi connectivity index (χ1) is 20.8. The van der Waals surface area contributed by atoms with Crippen molar-refractivity contribution in [3.05, 3.63) is 134 Å². The molecule has 0 unspecified atom stereocenters. The molecule has 0 amide bonds. The Labute approximate surface area is 241 Å². The van der Waals surface area contributed by atoms with Gasteiger partial charge in [0, 0.05) is 46.7 Å². The van der Waals surface area contributed by atoms with Crippen molar-refractivity contribution in [2.24, 2.45) is 0 Å². The average Bonchev–Trinajstić information content (AvgIpc) is 3.07. The zero-order valence-electron chi connectivity index (χ0n) is 22.4. The molecule has 8 rings (SSSR count). The maximum atomic E-state index is 5.15. The zero-order valence-corrected chi connectivity index (χ0v) is 22.4. The summed E-state index contributed by atoms with van der Waals surface area (Å²) in [7, 11) is 0. The third-order valence-corrected chi connectivity index (χ3v) is 7.42. The molecule has 0 aliphatic carbocycles. The SMILES string of the molecule is c1ccc(-c2nc3cc(-c4cnc5ccccc5c4)c(-c4cnc5ccccc5c4)cc3nc2-c2ccccn2)nc1. The van der Waals surface area contributed by atoms with Crippen LogP contribution in [0.1, 0.15) is 0 Å². The summed E-state index contributed by atoms with van der Waals surface area (Å²) in [6.45, 7) is 0. The van der Waals surface area contributed by atoms with Crippen LogP contribution in [0.3, 0.4) is 0 Å². The summed E-state index contributed by atoms with van der Waals surface area (Å²) in [6.07, 6.45) is 7.39. The Morgan fingerprint density at radius 2 is 0.833 bits per heavy atom. The molecule has 6 heteroatoms. The quantitative estimate of drug-likeness (QED) is 0.225. The van der Waals surface area contributed by atoms with E-state index >= 15 is 0 Å². The minimum atomic E-state index is 0.685. The molecule has 42 heavy (non-hydrogen) atoms. The van der Waals surface area contributed by atoms with Gasteiger partial charge in [0.25, 0.3) is 0 Å². The van der Waals surface area contributed by atoms with Gasteiger partial charge in [-0.1, -0.05) is 48.5 Å². The van der Waals surface area contributed by atoms with Gasteiger partial charge in [0.1, 0.15) is 11.4 Å². The van der Waals surface area contributed by atoms with E-state index in [2.05, 4.69) is 46.4 Å². The second kappa shape index (κ2) is 9.94. The van der Waals surface area contributed by atoms with E-state index in [0.29, 0.717) is 11.4 Å². The Morgan fingerprint density at radius 1 is 0.381 bits per heavy atom. The number of pyridine rings is 4. The maximum Gasteiger partial charge on any atom is 0.117 e. The second-order valence-electron chi connectivity index (χ2n) is 10.1. The Morgan fingerprint density at radius 3 is 1.29 bits per heavy atom. The molecule has 5 aromatic heterocycles.